The van der Waals surface area contributed by atoms with E-state index in [9.17, 15) is 9.59 Å². The molecule has 0 atom stereocenters. The average Bonchev–Trinajstić information content (AvgIpc) is 2.47. The SMILES string of the molecule is C1=CC=CCC=C1.O=C(O)/C=C/C(=O)O. The fraction of sp³-hybridized carbons (Fsp3) is 0.0909. The maximum atomic E-state index is 9.55. The number of allylic oxidation sites excluding steroid dienone is 6. The van der Waals surface area contributed by atoms with E-state index < -0.39 is 11.9 Å². The molecule has 0 aromatic rings. The Labute approximate surface area is 87.5 Å². The zero-order valence-corrected chi connectivity index (χ0v) is 8.04. The first-order valence-corrected chi connectivity index (χ1v) is 4.25. The first-order chi connectivity index (χ1) is 7.13. The van der Waals surface area contributed by atoms with Gasteiger partial charge in [-0.2, -0.15) is 0 Å². The van der Waals surface area contributed by atoms with Crippen molar-refractivity contribution in [1.29, 1.82) is 0 Å². The van der Waals surface area contributed by atoms with Gasteiger partial charge in [0.15, 0.2) is 0 Å². The molecule has 80 valence electrons. The van der Waals surface area contributed by atoms with Gasteiger partial charge in [0.05, 0.1) is 0 Å². The van der Waals surface area contributed by atoms with Gasteiger partial charge in [0.2, 0.25) is 0 Å². The van der Waals surface area contributed by atoms with Gasteiger partial charge < -0.3 is 10.2 Å². The van der Waals surface area contributed by atoms with Crippen LogP contribution >= 0.6 is 0 Å². The summed E-state index contributed by atoms with van der Waals surface area (Å²) in [6, 6.07) is 0. The van der Waals surface area contributed by atoms with Crippen molar-refractivity contribution in [2.75, 3.05) is 0 Å². The number of carboxylic acid groups (broad SMARTS) is 2. The highest BCUT2D eigenvalue weighted by Crippen LogP contribution is 1.91. The van der Waals surface area contributed by atoms with Crippen molar-refractivity contribution in [3.05, 3.63) is 48.6 Å². The van der Waals surface area contributed by atoms with Crippen molar-refractivity contribution < 1.29 is 19.8 Å². The molecule has 0 heterocycles. The summed E-state index contributed by atoms with van der Waals surface area (Å²) in [6.07, 6.45) is 14.6. The normalized spacial score (nSPS) is 13.1. The summed E-state index contributed by atoms with van der Waals surface area (Å²) >= 11 is 0. The molecule has 4 nitrogen and oxygen atoms in total. The van der Waals surface area contributed by atoms with Gasteiger partial charge in [0.25, 0.3) is 0 Å². The molecule has 0 saturated carbocycles. The zero-order chi connectivity index (χ0) is 11.5. The largest absolute Gasteiger partial charge is 0.478 e. The number of hydrogen-bond acceptors (Lipinski definition) is 2. The Morgan fingerprint density at radius 3 is 1.60 bits per heavy atom. The van der Waals surface area contributed by atoms with Gasteiger partial charge in [0, 0.05) is 12.2 Å². The van der Waals surface area contributed by atoms with E-state index in [4.69, 9.17) is 10.2 Å². The number of carbonyl (C=O) groups is 2. The summed E-state index contributed by atoms with van der Waals surface area (Å²) in [6.45, 7) is 0. The quantitative estimate of drug-likeness (QED) is 0.678. The van der Waals surface area contributed by atoms with E-state index in [1.54, 1.807) is 0 Å². The summed E-state index contributed by atoms with van der Waals surface area (Å²) in [5.41, 5.74) is 0. The molecule has 0 unspecified atom stereocenters. The van der Waals surface area contributed by atoms with Gasteiger partial charge in [-0.25, -0.2) is 9.59 Å². The molecule has 0 bridgehead atoms. The summed E-state index contributed by atoms with van der Waals surface area (Å²) in [7, 11) is 0. The number of rotatable bonds is 2. The molecule has 15 heavy (non-hydrogen) atoms. The van der Waals surface area contributed by atoms with Crippen LogP contribution < -0.4 is 0 Å². The van der Waals surface area contributed by atoms with Gasteiger partial charge >= 0.3 is 11.9 Å². The molecule has 0 aliphatic heterocycles. The lowest BCUT2D eigenvalue weighted by Gasteiger charge is -1.74. The highest BCUT2D eigenvalue weighted by molar-refractivity contribution is 5.89. The third kappa shape index (κ3) is 11.9. The Bertz CT molecular complexity index is 291. The molecule has 0 spiro atoms. The minimum Gasteiger partial charge on any atom is -0.478 e. The second-order valence-electron chi connectivity index (χ2n) is 2.49. The second kappa shape index (κ2) is 8.50. The molecule has 2 N–H and O–H groups in total. The standard InChI is InChI=1S/C7H8.C4H4O4/c1-2-4-6-7-5-3-1;5-3(6)1-2-4(7)8/h1-6H,7H2;1-2H,(H,5,6)(H,7,8)/b;2-1+. The molecule has 0 aromatic heterocycles. The van der Waals surface area contributed by atoms with Crippen LogP contribution in [0.15, 0.2) is 48.6 Å². The Morgan fingerprint density at radius 2 is 1.27 bits per heavy atom. The fourth-order valence-corrected chi connectivity index (χ4v) is 0.664. The predicted octanol–water partition coefficient (Wildman–Crippen LogP) is 1.77. The van der Waals surface area contributed by atoms with E-state index in [1.165, 1.54) is 0 Å². The van der Waals surface area contributed by atoms with Crippen LogP contribution in [0.25, 0.3) is 0 Å². The van der Waals surface area contributed by atoms with Crippen molar-refractivity contribution in [2.45, 2.75) is 6.42 Å². The van der Waals surface area contributed by atoms with Crippen LogP contribution in [0.5, 0.6) is 0 Å². The van der Waals surface area contributed by atoms with Crippen LogP contribution in [0.1, 0.15) is 6.42 Å². The third-order valence-electron chi connectivity index (χ3n) is 1.25. The Morgan fingerprint density at radius 1 is 0.867 bits per heavy atom. The van der Waals surface area contributed by atoms with Crippen LogP contribution in [-0.4, -0.2) is 22.2 Å². The third-order valence-corrected chi connectivity index (χ3v) is 1.25. The van der Waals surface area contributed by atoms with Gasteiger partial charge in [-0.05, 0) is 6.42 Å². The average molecular weight is 208 g/mol. The fourth-order valence-electron chi connectivity index (χ4n) is 0.664. The first kappa shape index (κ1) is 12.9. The van der Waals surface area contributed by atoms with Crippen LogP contribution in [0.2, 0.25) is 0 Å². The van der Waals surface area contributed by atoms with E-state index in [2.05, 4.69) is 24.3 Å². The summed E-state index contributed by atoms with van der Waals surface area (Å²) in [4.78, 5) is 19.1. The van der Waals surface area contributed by atoms with Gasteiger partial charge in [-0.15, -0.1) is 0 Å². The summed E-state index contributed by atoms with van der Waals surface area (Å²) < 4.78 is 0. The highest BCUT2D eigenvalue weighted by Gasteiger charge is 1.88. The molecule has 1 aliphatic rings. The lowest BCUT2D eigenvalue weighted by molar-refractivity contribution is -0.134. The zero-order valence-electron chi connectivity index (χ0n) is 8.04. The van der Waals surface area contributed by atoms with Crippen LogP contribution in [-0.2, 0) is 9.59 Å². The number of carboxylic acids is 2. The van der Waals surface area contributed by atoms with Gasteiger partial charge in [0.1, 0.15) is 0 Å². The maximum absolute atomic E-state index is 9.55. The Balaban J connectivity index is 0.000000262. The van der Waals surface area contributed by atoms with Crippen molar-refractivity contribution >= 4 is 11.9 Å². The minimum atomic E-state index is -1.26. The molecular formula is C11H12O4. The van der Waals surface area contributed by atoms with Crippen LogP contribution in [0.4, 0.5) is 0 Å². The molecule has 0 amide bonds. The predicted molar refractivity (Wildman–Crippen MR) is 56.4 cm³/mol. The van der Waals surface area contributed by atoms with E-state index in [0.29, 0.717) is 12.2 Å². The highest BCUT2D eigenvalue weighted by atomic mass is 16.4. The lowest BCUT2D eigenvalue weighted by Crippen LogP contribution is -1.91. The number of aliphatic carboxylic acids is 2. The molecular weight excluding hydrogens is 196 g/mol. The van der Waals surface area contributed by atoms with Crippen LogP contribution in [0.3, 0.4) is 0 Å². The van der Waals surface area contributed by atoms with Crippen molar-refractivity contribution in [3.63, 3.8) is 0 Å². The molecule has 0 saturated heterocycles. The topological polar surface area (TPSA) is 74.6 Å². The first-order valence-electron chi connectivity index (χ1n) is 4.25. The summed E-state index contributed by atoms with van der Waals surface area (Å²) in [5, 5.41) is 15.6. The molecule has 1 rings (SSSR count). The Hall–Kier alpha value is -2.10. The smallest absolute Gasteiger partial charge is 0.328 e. The second-order valence-corrected chi connectivity index (χ2v) is 2.49. The number of hydrogen-bond donors (Lipinski definition) is 2. The Kier molecular flexibility index (Phi) is 7.31. The van der Waals surface area contributed by atoms with E-state index in [-0.39, 0.29) is 0 Å². The van der Waals surface area contributed by atoms with E-state index in [0.717, 1.165) is 6.42 Å². The molecule has 0 aromatic carbocycles. The van der Waals surface area contributed by atoms with Gasteiger partial charge in [-0.1, -0.05) is 36.5 Å². The summed E-state index contributed by atoms with van der Waals surface area (Å²) in [5.74, 6) is -2.51. The van der Waals surface area contributed by atoms with Crippen molar-refractivity contribution in [1.82, 2.24) is 0 Å². The minimum absolute atomic E-state index is 0.558. The maximum Gasteiger partial charge on any atom is 0.328 e. The van der Waals surface area contributed by atoms with Crippen molar-refractivity contribution in [3.8, 4) is 0 Å². The van der Waals surface area contributed by atoms with Crippen molar-refractivity contribution in [2.24, 2.45) is 0 Å². The van der Waals surface area contributed by atoms with Gasteiger partial charge in [-0.3, -0.25) is 0 Å². The molecule has 0 fully saturated rings. The van der Waals surface area contributed by atoms with E-state index >= 15 is 0 Å². The molecule has 1 aliphatic carbocycles. The monoisotopic (exact) mass is 208 g/mol. The van der Waals surface area contributed by atoms with E-state index in [1.807, 2.05) is 12.2 Å². The lowest BCUT2D eigenvalue weighted by atomic mass is 10.4. The molecule has 4 heteroatoms. The molecule has 0 radical (unpaired) electrons. The van der Waals surface area contributed by atoms with Crippen LogP contribution in [0, 0.1) is 0 Å².